The Hall–Kier alpha value is -2.10. The summed E-state index contributed by atoms with van der Waals surface area (Å²) in [6.45, 7) is 0. The van der Waals surface area contributed by atoms with Crippen LogP contribution in [0.2, 0.25) is 0 Å². The van der Waals surface area contributed by atoms with Crippen molar-refractivity contribution in [3.63, 3.8) is 0 Å². The maximum absolute atomic E-state index is 10.5. The van der Waals surface area contributed by atoms with Gasteiger partial charge in [0.25, 0.3) is 5.69 Å². The zero-order chi connectivity index (χ0) is 12.1. The van der Waals surface area contributed by atoms with E-state index in [-0.39, 0.29) is 10.6 Å². The van der Waals surface area contributed by atoms with E-state index in [1.807, 2.05) is 30.3 Å². The number of benzene rings is 2. The van der Waals surface area contributed by atoms with Crippen molar-refractivity contribution in [2.45, 2.75) is 6.32 Å². The first-order valence-electron chi connectivity index (χ1n) is 5.37. The van der Waals surface area contributed by atoms with Gasteiger partial charge in [-0.1, -0.05) is 53.5 Å². The van der Waals surface area contributed by atoms with Gasteiger partial charge in [-0.15, -0.1) is 0 Å². The van der Waals surface area contributed by atoms with Gasteiger partial charge >= 0.3 is 0 Å². The predicted molar refractivity (Wildman–Crippen MR) is 68.6 cm³/mol. The van der Waals surface area contributed by atoms with Crippen molar-refractivity contribution in [3.8, 4) is 0 Å². The van der Waals surface area contributed by atoms with Gasteiger partial charge in [-0.3, -0.25) is 10.1 Å². The summed E-state index contributed by atoms with van der Waals surface area (Å²) in [7, 11) is 2.10. The molecule has 2 aromatic rings. The lowest BCUT2D eigenvalue weighted by Gasteiger charge is -2.00. The summed E-state index contributed by atoms with van der Waals surface area (Å²) >= 11 is 0. The van der Waals surface area contributed by atoms with E-state index in [1.165, 1.54) is 12.1 Å². The third-order valence-electron chi connectivity index (χ3n) is 2.52. The lowest BCUT2D eigenvalue weighted by Crippen LogP contribution is -2.15. The summed E-state index contributed by atoms with van der Waals surface area (Å²) in [5.41, 5.74) is 2.36. The van der Waals surface area contributed by atoms with Crippen LogP contribution in [0.1, 0.15) is 5.56 Å². The van der Waals surface area contributed by atoms with Gasteiger partial charge in [-0.05, 0) is 6.32 Å². The molecule has 0 atom stereocenters. The van der Waals surface area contributed by atoms with Crippen molar-refractivity contribution >= 4 is 18.4 Å². The number of nitro groups is 1. The largest absolute Gasteiger partial charge is 0.269 e. The molecule has 0 N–H and O–H groups in total. The Morgan fingerprint density at radius 3 is 2.24 bits per heavy atom. The fourth-order valence-electron chi connectivity index (χ4n) is 1.58. The molecule has 0 aliphatic carbocycles. The van der Waals surface area contributed by atoms with E-state index in [9.17, 15) is 10.1 Å². The monoisotopic (exact) mass is 224 g/mol. The van der Waals surface area contributed by atoms with Gasteiger partial charge in [0.1, 0.15) is 0 Å². The van der Waals surface area contributed by atoms with Gasteiger partial charge in [0, 0.05) is 12.1 Å². The van der Waals surface area contributed by atoms with Crippen LogP contribution >= 0.6 is 0 Å². The average molecular weight is 224 g/mol. The number of nitro benzene ring substituents is 1. The van der Waals surface area contributed by atoms with E-state index in [0.29, 0.717) is 0 Å². The van der Waals surface area contributed by atoms with Crippen LogP contribution in [0.25, 0.3) is 0 Å². The van der Waals surface area contributed by atoms with Gasteiger partial charge in [0.15, 0.2) is 7.28 Å². The fourth-order valence-corrected chi connectivity index (χ4v) is 1.58. The summed E-state index contributed by atoms with van der Waals surface area (Å²) < 4.78 is 0. The van der Waals surface area contributed by atoms with E-state index in [4.69, 9.17) is 0 Å². The van der Waals surface area contributed by atoms with Crippen LogP contribution in [0.5, 0.6) is 0 Å². The van der Waals surface area contributed by atoms with Crippen LogP contribution in [0.4, 0.5) is 5.69 Å². The highest BCUT2D eigenvalue weighted by Gasteiger charge is 2.04. The van der Waals surface area contributed by atoms with Gasteiger partial charge in [-0.25, -0.2) is 0 Å². The molecule has 2 rings (SSSR count). The highest BCUT2D eigenvalue weighted by molar-refractivity contribution is 6.52. The third-order valence-corrected chi connectivity index (χ3v) is 2.52. The van der Waals surface area contributed by atoms with Crippen LogP contribution in [0.15, 0.2) is 54.6 Å². The second-order valence-corrected chi connectivity index (χ2v) is 3.74. The molecular formula is C13H11BNO2. The Morgan fingerprint density at radius 2 is 1.65 bits per heavy atom. The third kappa shape index (κ3) is 3.18. The summed E-state index contributed by atoms with van der Waals surface area (Å²) in [6, 6.07) is 16.7. The van der Waals surface area contributed by atoms with Gasteiger partial charge < -0.3 is 0 Å². The SMILES string of the molecule is O=[N+]([O-])c1ccc(C[B]c2ccccc2)cc1. The molecule has 1 radical (unpaired) electrons. The number of hydrogen-bond acceptors (Lipinski definition) is 2. The van der Waals surface area contributed by atoms with Gasteiger partial charge in [0.2, 0.25) is 0 Å². The first-order valence-corrected chi connectivity index (χ1v) is 5.37. The molecule has 0 saturated heterocycles. The normalized spacial score (nSPS) is 9.88. The Morgan fingerprint density at radius 1 is 1.00 bits per heavy atom. The van der Waals surface area contributed by atoms with E-state index in [2.05, 4.69) is 7.28 Å². The zero-order valence-electron chi connectivity index (χ0n) is 9.24. The molecule has 0 bridgehead atoms. The average Bonchev–Trinajstić information content (AvgIpc) is 2.38. The molecule has 0 spiro atoms. The van der Waals surface area contributed by atoms with Crippen molar-refractivity contribution in [2.75, 3.05) is 0 Å². The minimum atomic E-state index is -0.384. The maximum Gasteiger partial charge on any atom is 0.269 e. The zero-order valence-corrected chi connectivity index (χ0v) is 9.24. The van der Waals surface area contributed by atoms with Crippen LogP contribution in [0.3, 0.4) is 0 Å². The van der Waals surface area contributed by atoms with Crippen LogP contribution in [-0.2, 0) is 6.32 Å². The standard InChI is InChI=1S/C13H11BNO2/c16-15(17)13-8-6-11(7-9-13)10-14-12-4-2-1-3-5-12/h1-9H,10H2. The molecule has 0 unspecified atom stereocenters. The first kappa shape index (κ1) is 11.4. The number of nitrogens with zero attached hydrogens (tertiary/aromatic N) is 1. The summed E-state index contributed by atoms with van der Waals surface area (Å²) in [5.74, 6) is 0. The Kier molecular flexibility index (Phi) is 3.55. The molecule has 0 amide bonds. The second-order valence-electron chi connectivity index (χ2n) is 3.74. The highest BCUT2D eigenvalue weighted by atomic mass is 16.6. The minimum absolute atomic E-state index is 0.133. The van der Waals surface area contributed by atoms with Crippen molar-refractivity contribution in [1.29, 1.82) is 0 Å². The molecule has 4 heteroatoms. The molecule has 83 valence electrons. The Balaban J connectivity index is 1.98. The molecule has 0 aliphatic rings. The molecule has 0 aromatic heterocycles. The molecule has 3 nitrogen and oxygen atoms in total. The first-order chi connectivity index (χ1) is 8.25. The molecule has 0 aliphatic heterocycles. The lowest BCUT2D eigenvalue weighted by atomic mass is 9.65. The van der Waals surface area contributed by atoms with Crippen LogP contribution in [0, 0.1) is 10.1 Å². The predicted octanol–water partition coefficient (Wildman–Crippen LogP) is 2.12. The summed E-state index contributed by atoms with van der Waals surface area (Å²) in [6.07, 6.45) is 0.780. The topological polar surface area (TPSA) is 43.1 Å². The van der Waals surface area contributed by atoms with E-state index in [1.54, 1.807) is 12.1 Å². The lowest BCUT2D eigenvalue weighted by molar-refractivity contribution is -0.384. The Bertz CT molecular complexity index is 497. The number of non-ortho nitro benzene ring substituents is 1. The second kappa shape index (κ2) is 5.30. The van der Waals surface area contributed by atoms with E-state index in [0.717, 1.165) is 17.3 Å². The van der Waals surface area contributed by atoms with E-state index >= 15 is 0 Å². The molecule has 0 fully saturated rings. The molecule has 17 heavy (non-hydrogen) atoms. The smallest absolute Gasteiger partial charge is 0.258 e. The highest BCUT2D eigenvalue weighted by Crippen LogP contribution is 2.11. The van der Waals surface area contributed by atoms with Crippen molar-refractivity contribution in [2.24, 2.45) is 0 Å². The number of hydrogen-bond donors (Lipinski definition) is 0. The summed E-state index contributed by atoms with van der Waals surface area (Å²) in [5, 5.41) is 10.5. The fraction of sp³-hybridized carbons (Fsp3) is 0.0769. The molecule has 2 aromatic carbocycles. The molecular weight excluding hydrogens is 213 g/mol. The van der Waals surface area contributed by atoms with Crippen molar-refractivity contribution in [3.05, 3.63) is 70.3 Å². The van der Waals surface area contributed by atoms with E-state index < -0.39 is 0 Å². The van der Waals surface area contributed by atoms with Crippen molar-refractivity contribution < 1.29 is 4.92 Å². The molecule has 0 heterocycles. The van der Waals surface area contributed by atoms with Crippen LogP contribution < -0.4 is 5.46 Å². The Labute approximate surface area is 100 Å². The number of rotatable bonds is 4. The quantitative estimate of drug-likeness (QED) is 0.453. The van der Waals surface area contributed by atoms with Gasteiger partial charge in [0.05, 0.1) is 4.92 Å². The van der Waals surface area contributed by atoms with Gasteiger partial charge in [-0.2, -0.15) is 0 Å². The minimum Gasteiger partial charge on any atom is -0.258 e. The van der Waals surface area contributed by atoms with Crippen molar-refractivity contribution in [1.82, 2.24) is 0 Å². The maximum atomic E-state index is 10.5. The van der Waals surface area contributed by atoms with Crippen LogP contribution in [-0.4, -0.2) is 12.2 Å². The summed E-state index contributed by atoms with van der Waals surface area (Å²) in [4.78, 5) is 10.1. The molecule has 0 saturated carbocycles.